The summed E-state index contributed by atoms with van der Waals surface area (Å²) in [5.41, 5.74) is 1.73. The zero-order valence-electron chi connectivity index (χ0n) is 11.4. The van der Waals surface area contributed by atoms with Gasteiger partial charge in [0.15, 0.2) is 11.5 Å². The largest absolute Gasteiger partial charge is 0.303 e. The number of pyridine rings is 1. The van der Waals surface area contributed by atoms with E-state index in [9.17, 15) is 4.39 Å². The van der Waals surface area contributed by atoms with Crippen molar-refractivity contribution in [2.45, 2.75) is 19.5 Å². The first-order valence-electron chi connectivity index (χ1n) is 6.62. The van der Waals surface area contributed by atoms with Crippen LogP contribution in [0.2, 0.25) is 5.02 Å². The molecule has 0 aliphatic rings. The number of fused-ring (bicyclic) bond motifs is 1. The second-order valence-electron chi connectivity index (χ2n) is 4.84. The molecule has 0 saturated heterocycles. The second-order valence-corrected chi connectivity index (χ2v) is 5.25. The molecular formula is C15H14ClFN4. The molecule has 6 heteroatoms. The van der Waals surface area contributed by atoms with Gasteiger partial charge in [0, 0.05) is 12.7 Å². The molecule has 0 radical (unpaired) electrons. The summed E-state index contributed by atoms with van der Waals surface area (Å²) in [6, 6.07) is 10.5. The SMILES string of the molecule is CC(NCc1ccc(F)c(Cl)c1)c1nnc2ccccn12. The minimum atomic E-state index is -0.406. The van der Waals surface area contributed by atoms with Crippen LogP contribution in [0.4, 0.5) is 4.39 Å². The van der Waals surface area contributed by atoms with Gasteiger partial charge in [0.1, 0.15) is 5.82 Å². The van der Waals surface area contributed by atoms with E-state index in [1.807, 2.05) is 35.7 Å². The van der Waals surface area contributed by atoms with Crippen molar-refractivity contribution in [2.24, 2.45) is 0 Å². The third-order valence-electron chi connectivity index (χ3n) is 3.32. The Balaban J connectivity index is 1.74. The van der Waals surface area contributed by atoms with E-state index < -0.39 is 5.82 Å². The molecule has 1 N–H and O–H groups in total. The number of benzene rings is 1. The molecular weight excluding hydrogens is 291 g/mol. The third kappa shape index (κ3) is 2.89. The smallest absolute Gasteiger partial charge is 0.160 e. The molecule has 0 aliphatic heterocycles. The number of nitrogens with one attached hydrogen (secondary N) is 1. The summed E-state index contributed by atoms with van der Waals surface area (Å²) in [5.74, 6) is 0.427. The van der Waals surface area contributed by atoms with Crippen LogP contribution in [0.1, 0.15) is 24.4 Å². The van der Waals surface area contributed by atoms with E-state index in [0.29, 0.717) is 6.54 Å². The van der Waals surface area contributed by atoms with Crippen molar-refractivity contribution < 1.29 is 4.39 Å². The maximum absolute atomic E-state index is 13.1. The van der Waals surface area contributed by atoms with E-state index in [1.165, 1.54) is 6.07 Å². The number of rotatable bonds is 4. The first kappa shape index (κ1) is 14.0. The first-order valence-corrected chi connectivity index (χ1v) is 7.00. The van der Waals surface area contributed by atoms with E-state index in [2.05, 4.69) is 15.5 Å². The van der Waals surface area contributed by atoms with E-state index >= 15 is 0 Å². The highest BCUT2D eigenvalue weighted by atomic mass is 35.5. The van der Waals surface area contributed by atoms with Gasteiger partial charge in [0.05, 0.1) is 11.1 Å². The van der Waals surface area contributed by atoms with Crippen molar-refractivity contribution in [1.82, 2.24) is 19.9 Å². The lowest BCUT2D eigenvalue weighted by Crippen LogP contribution is -2.20. The van der Waals surface area contributed by atoms with Crippen LogP contribution in [-0.2, 0) is 6.54 Å². The number of hydrogen-bond acceptors (Lipinski definition) is 3. The van der Waals surface area contributed by atoms with Crippen LogP contribution in [0, 0.1) is 5.82 Å². The van der Waals surface area contributed by atoms with Crippen LogP contribution in [0.25, 0.3) is 5.65 Å². The molecule has 0 bridgehead atoms. The van der Waals surface area contributed by atoms with Crippen LogP contribution in [0.3, 0.4) is 0 Å². The fraction of sp³-hybridized carbons (Fsp3) is 0.200. The van der Waals surface area contributed by atoms with Gasteiger partial charge in [-0.2, -0.15) is 0 Å². The molecule has 3 rings (SSSR count). The van der Waals surface area contributed by atoms with Crippen LogP contribution >= 0.6 is 11.6 Å². The standard InChI is InChI=1S/C15H14ClFN4/c1-10(15-20-19-14-4-2-3-7-21(14)15)18-9-11-5-6-13(17)12(16)8-11/h2-8,10,18H,9H2,1H3. The van der Waals surface area contributed by atoms with E-state index in [1.54, 1.807) is 12.1 Å². The summed E-state index contributed by atoms with van der Waals surface area (Å²) in [4.78, 5) is 0. The number of hydrogen-bond donors (Lipinski definition) is 1. The highest BCUT2D eigenvalue weighted by Crippen LogP contribution is 2.17. The summed E-state index contributed by atoms with van der Waals surface area (Å²) in [7, 11) is 0. The minimum absolute atomic E-state index is 0.00577. The summed E-state index contributed by atoms with van der Waals surface area (Å²) < 4.78 is 15.1. The molecule has 0 aliphatic carbocycles. The molecule has 108 valence electrons. The Bertz CT molecular complexity index is 771. The van der Waals surface area contributed by atoms with Gasteiger partial charge >= 0.3 is 0 Å². The van der Waals surface area contributed by atoms with E-state index in [-0.39, 0.29) is 11.1 Å². The van der Waals surface area contributed by atoms with Gasteiger partial charge in [0.25, 0.3) is 0 Å². The summed E-state index contributed by atoms with van der Waals surface area (Å²) in [6.07, 6.45) is 1.93. The van der Waals surface area contributed by atoms with Gasteiger partial charge < -0.3 is 5.32 Å². The molecule has 4 nitrogen and oxygen atoms in total. The number of aromatic nitrogens is 3. The van der Waals surface area contributed by atoms with Crippen LogP contribution in [0.15, 0.2) is 42.6 Å². The predicted octanol–water partition coefficient (Wildman–Crippen LogP) is 3.37. The van der Waals surface area contributed by atoms with Crippen molar-refractivity contribution in [3.05, 3.63) is 64.8 Å². The van der Waals surface area contributed by atoms with Crippen molar-refractivity contribution >= 4 is 17.2 Å². The quantitative estimate of drug-likeness (QED) is 0.803. The Morgan fingerprint density at radius 1 is 1.29 bits per heavy atom. The summed E-state index contributed by atoms with van der Waals surface area (Å²) >= 11 is 5.78. The van der Waals surface area contributed by atoms with Crippen LogP contribution in [-0.4, -0.2) is 14.6 Å². The third-order valence-corrected chi connectivity index (χ3v) is 3.61. The molecule has 2 heterocycles. The predicted molar refractivity (Wildman–Crippen MR) is 79.7 cm³/mol. The normalized spacial score (nSPS) is 12.7. The monoisotopic (exact) mass is 304 g/mol. The Morgan fingerprint density at radius 2 is 2.14 bits per heavy atom. The molecule has 1 atom stereocenters. The summed E-state index contributed by atoms with van der Waals surface area (Å²) in [6.45, 7) is 2.58. The minimum Gasteiger partial charge on any atom is -0.303 e. The number of halogens is 2. The Labute approximate surface area is 126 Å². The lowest BCUT2D eigenvalue weighted by Gasteiger charge is -2.12. The highest BCUT2D eigenvalue weighted by Gasteiger charge is 2.12. The van der Waals surface area contributed by atoms with Crippen LogP contribution < -0.4 is 5.32 Å². The molecule has 1 unspecified atom stereocenters. The maximum atomic E-state index is 13.1. The molecule has 1 aromatic carbocycles. The summed E-state index contributed by atoms with van der Waals surface area (Å²) in [5, 5.41) is 11.8. The molecule has 0 amide bonds. The topological polar surface area (TPSA) is 42.2 Å². The second kappa shape index (κ2) is 5.79. The van der Waals surface area contributed by atoms with Crippen molar-refractivity contribution in [2.75, 3.05) is 0 Å². The van der Waals surface area contributed by atoms with Gasteiger partial charge in [-0.05, 0) is 36.8 Å². The molecule has 21 heavy (non-hydrogen) atoms. The molecule has 0 spiro atoms. The Hall–Kier alpha value is -1.98. The van der Waals surface area contributed by atoms with Crippen molar-refractivity contribution in [1.29, 1.82) is 0 Å². The molecule has 0 fully saturated rings. The van der Waals surface area contributed by atoms with Crippen molar-refractivity contribution in [3.8, 4) is 0 Å². The molecule has 2 aromatic heterocycles. The fourth-order valence-electron chi connectivity index (χ4n) is 2.17. The average Bonchev–Trinajstić information content (AvgIpc) is 2.92. The molecule has 3 aromatic rings. The van der Waals surface area contributed by atoms with Gasteiger partial charge in [-0.15, -0.1) is 10.2 Å². The lowest BCUT2D eigenvalue weighted by molar-refractivity contribution is 0.540. The maximum Gasteiger partial charge on any atom is 0.160 e. The van der Waals surface area contributed by atoms with Crippen LogP contribution in [0.5, 0.6) is 0 Å². The van der Waals surface area contributed by atoms with Gasteiger partial charge in [-0.1, -0.05) is 23.7 Å². The zero-order chi connectivity index (χ0) is 14.8. The fourth-order valence-corrected chi connectivity index (χ4v) is 2.37. The zero-order valence-corrected chi connectivity index (χ0v) is 12.2. The van der Waals surface area contributed by atoms with Crippen molar-refractivity contribution in [3.63, 3.8) is 0 Å². The van der Waals surface area contributed by atoms with Gasteiger partial charge in [-0.3, -0.25) is 4.40 Å². The Morgan fingerprint density at radius 3 is 2.95 bits per heavy atom. The van der Waals surface area contributed by atoms with Gasteiger partial charge in [-0.25, -0.2) is 4.39 Å². The van der Waals surface area contributed by atoms with E-state index in [0.717, 1.165) is 17.0 Å². The highest BCUT2D eigenvalue weighted by molar-refractivity contribution is 6.30. The average molecular weight is 305 g/mol. The van der Waals surface area contributed by atoms with Gasteiger partial charge in [0.2, 0.25) is 0 Å². The number of nitrogens with zero attached hydrogens (tertiary/aromatic N) is 3. The van der Waals surface area contributed by atoms with E-state index in [4.69, 9.17) is 11.6 Å². The molecule has 0 saturated carbocycles. The first-order chi connectivity index (χ1) is 10.1. The lowest BCUT2D eigenvalue weighted by atomic mass is 10.2. The Kier molecular flexibility index (Phi) is 3.86.